The molecule has 7 heteroatoms. The van der Waals surface area contributed by atoms with E-state index >= 15 is 0 Å². The van der Waals surface area contributed by atoms with Gasteiger partial charge in [-0.15, -0.1) is 0 Å². The number of hydrogen-bond acceptors (Lipinski definition) is 4. The molecule has 3 atom stereocenters. The van der Waals surface area contributed by atoms with Crippen LogP contribution in [0.25, 0.3) is 5.69 Å². The molecule has 1 fully saturated rings. The van der Waals surface area contributed by atoms with E-state index in [4.69, 9.17) is 0 Å². The Hall–Kier alpha value is -2.93. The number of benzene rings is 1. The van der Waals surface area contributed by atoms with Crippen LogP contribution in [0.4, 0.5) is 0 Å². The minimum absolute atomic E-state index is 0.223. The highest BCUT2D eigenvalue weighted by molar-refractivity contribution is 5.93. The molecular formula is C19H21N5O2. The van der Waals surface area contributed by atoms with Gasteiger partial charge >= 0.3 is 0 Å². The summed E-state index contributed by atoms with van der Waals surface area (Å²) < 4.78 is 3.62. The Balaban J connectivity index is 1.43. The highest BCUT2D eigenvalue weighted by Crippen LogP contribution is 2.28. The summed E-state index contributed by atoms with van der Waals surface area (Å²) in [6.45, 7) is 0.797. The van der Waals surface area contributed by atoms with Crippen LogP contribution in [-0.2, 0) is 6.54 Å². The number of hydrogen-bond donors (Lipinski definition) is 2. The van der Waals surface area contributed by atoms with E-state index < -0.39 is 6.10 Å². The summed E-state index contributed by atoms with van der Waals surface area (Å²) in [4.78, 5) is 16.8. The van der Waals surface area contributed by atoms with Gasteiger partial charge in [-0.2, -0.15) is 5.10 Å². The molecule has 1 saturated carbocycles. The fourth-order valence-corrected chi connectivity index (χ4v) is 3.61. The molecule has 1 aliphatic carbocycles. The van der Waals surface area contributed by atoms with Crippen LogP contribution in [0.2, 0.25) is 0 Å². The van der Waals surface area contributed by atoms with E-state index in [1.165, 1.54) is 0 Å². The molecular weight excluding hydrogens is 330 g/mol. The van der Waals surface area contributed by atoms with Gasteiger partial charge < -0.3 is 15.0 Å². The second kappa shape index (κ2) is 7.13. The van der Waals surface area contributed by atoms with Gasteiger partial charge in [0.25, 0.3) is 5.91 Å². The highest BCUT2D eigenvalue weighted by Gasteiger charge is 2.34. The van der Waals surface area contributed by atoms with Crippen LogP contribution in [0, 0.1) is 5.92 Å². The van der Waals surface area contributed by atoms with Gasteiger partial charge in [-0.3, -0.25) is 4.79 Å². The molecule has 0 spiro atoms. The smallest absolute Gasteiger partial charge is 0.270 e. The lowest BCUT2D eigenvalue weighted by molar-refractivity contribution is 0.0865. The maximum Gasteiger partial charge on any atom is 0.270 e. The number of para-hydroxylation sites is 1. The molecule has 3 aromatic rings. The Morgan fingerprint density at radius 1 is 1.19 bits per heavy atom. The first-order valence-corrected chi connectivity index (χ1v) is 8.75. The molecule has 4 rings (SSSR count). The van der Waals surface area contributed by atoms with Gasteiger partial charge in [0, 0.05) is 18.9 Å². The van der Waals surface area contributed by atoms with Gasteiger partial charge in [-0.05, 0) is 37.0 Å². The summed E-state index contributed by atoms with van der Waals surface area (Å²) in [7, 11) is 0. The minimum atomic E-state index is -0.541. The Morgan fingerprint density at radius 2 is 2.04 bits per heavy atom. The molecule has 0 radical (unpaired) electrons. The molecule has 1 aliphatic rings. The van der Waals surface area contributed by atoms with E-state index in [2.05, 4.69) is 15.4 Å². The predicted octanol–water partition coefficient (Wildman–Crippen LogP) is 1.64. The Labute approximate surface area is 151 Å². The topological polar surface area (TPSA) is 85.0 Å². The Kier molecular flexibility index (Phi) is 4.53. The van der Waals surface area contributed by atoms with Crippen molar-refractivity contribution in [1.82, 2.24) is 24.6 Å². The molecule has 2 aromatic heterocycles. The molecule has 0 aliphatic heterocycles. The number of aromatic nitrogens is 4. The fraction of sp³-hybridized carbons (Fsp3) is 0.316. The van der Waals surface area contributed by atoms with E-state index in [1.807, 2.05) is 41.1 Å². The molecule has 2 N–H and O–H groups in total. The zero-order chi connectivity index (χ0) is 17.9. The summed E-state index contributed by atoms with van der Waals surface area (Å²) in [5, 5.41) is 17.6. The highest BCUT2D eigenvalue weighted by atomic mass is 16.3. The first-order chi connectivity index (χ1) is 12.7. The van der Waals surface area contributed by atoms with E-state index in [1.54, 1.807) is 29.5 Å². The fourth-order valence-electron chi connectivity index (χ4n) is 3.61. The standard InChI is InChI=1S/C19H21N5O2/c25-18-11-14(12-23-9-8-20-13-23)10-16(18)22-19(26)17-6-7-21-24(17)15-4-2-1-3-5-15/h1-9,13-14,16,18,25H,10-12H2,(H,22,26)/t14?,16-,18-/m1/s1. The number of nitrogens with one attached hydrogen (secondary N) is 1. The van der Waals surface area contributed by atoms with Crippen molar-refractivity contribution in [1.29, 1.82) is 0 Å². The molecule has 1 aromatic carbocycles. The van der Waals surface area contributed by atoms with Crippen LogP contribution >= 0.6 is 0 Å². The molecule has 0 saturated heterocycles. The second-order valence-electron chi connectivity index (χ2n) is 6.71. The van der Waals surface area contributed by atoms with Crippen molar-refractivity contribution in [3.8, 4) is 5.69 Å². The second-order valence-corrected chi connectivity index (χ2v) is 6.71. The number of amides is 1. The summed E-state index contributed by atoms with van der Waals surface area (Å²) in [5.74, 6) is 0.0854. The maximum atomic E-state index is 12.7. The molecule has 1 amide bonds. The van der Waals surface area contributed by atoms with E-state index in [-0.39, 0.29) is 11.9 Å². The number of aliphatic hydroxyl groups is 1. The third-order valence-electron chi connectivity index (χ3n) is 4.85. The van der Waals surface area contributed by atoms with Crippen LogP contribution in [-0.4, -0.2) is 42.5 Å². The van der Waals surface area contributed by atoms with Crippen molar-refractivity contribution in [3.63, 3.8) is 0 Å². The summed E-state index contributed by atoms with van der Waals surface area (Å²) in [6, 6.07) is 11.0. The quantitative estimate of drug-likeness (QED) is 0.732. The average Bonchev–Trinajstić information content (AvgIpc) is 3.38. The average molecular weight is 351 g/mol. The predicted molar refractivity (Wildman–Crippen MR) is 95.8 cm³/mol. The Morgan fingerprint density at radius 3 is 2.81 bits per heavy atom. The molecule has 2 heterocycles. The van der Waals surface area contributed by atoms with Crippen LogP contribution < -0.4 is 5.32 Å². The van der Waals surface area contributed by atoms with Crippen molar-refractivity contribution in [2.75, 3.05) is 0 Å². The van der Waals surface area contributed by atoms with Crippen LogP contribution in [0.5, 0.6) is 0 Å². The largest absolute Gasteiger partial charge is 0.391 e. The first kappa shape index (κ1) is 16.5. The van der Waals surface area contributed by atoms with Gasteiger partial charge in [0.2, 0.25) is 0 Å². The molecule has 1 unspecified atom stereocenters. The molecule has 134 valence electrons. The van der Waals surface area contributed by atoms with E-state index in [9.17, 15) is 9.90 Å². The van der Waals surface area contributed by atoms with Gasteiger partial charge in [0.15, 0.2) is 0 Å². The number of aliphatic hydroxyl groups excluding tert-OH is 1. The van der Waals surface area contributed by atoms with Gasteiger partial charge in [-0.25, -0.2) is 9.67 Å². The van der Waals surface area contributed by atoms with Crippen LogP contribution in [0.1, 0.15) is 23.3 Å². The van der Waals surface area contributed by atoms with Crippen molar-refractivity contribution in [2.45, 2.75) is 31.5 Å². The van der Waals surface area contributed by atoms with Crippen LogP contribution in [0.3, 0.4) is 0 Å². The normalized spacial score (nSPS) is 22.4. The number of nitrogens with zero attached hydrogens (tertiary/aromatic N) is 4. The lowest BCUT2D eigenvalue weighted by Crippen LogP contribution is -2.40. The third kappa shape index (κ3) is 3.39. The monoisotopic (exact) mass is 351 g/mol. The zero-order valence-corrected chi connectivity index (χ0v) is 14.3. The van der Waals surface area contributed by atoms with Crippen LogP contribution in [0.15, 0.2) is 61.3 Å². The van der Waals surface area contributed by atoms with Crippen molar-refractivity contribution < 1.29 is 9.90 Å². The summed E-state index contributed by atoms with van der Waals surface area (Å²) in [6.07, 6.45) is 7.91. The third-order valence-corrected chi connectivity index (χ3v) is 4.85. The SMILES string of the molecule is O=C(N[C@@H]1CC(Cn2ccnc2)C[C@H]1O)c1ccnn1-c1ccccc1. The van der Waals surface area contributed by atoms with Crippen molar-refractivity contribution >= 4 is 5.91 Å². The number of rotatable bonds is 5. The van der Waals surface area contributed by atoms with Gasteiger partial charge in [-0.1, -0.05) is 18.2 Å². The van der Waals surface area contributed by atoms with Gasteiger partial charge in [0.05, 0.1) is 30.4 Å². The van der Waals surface area contributed by atoms with Crippen molar-refractivity contribution in [3.05, 3.63) is 67.0 Å². The maximum absolute atomic E-state index is 12.7. The minimum Gasteiger partial charge on any atom is -0.391 e. The van der Waals surface area contributed by atoms with E-state index in [0.29, 0.717) is 18.0 Å². The first-order valence-electron chi connectivity index (χ1n) is 8.75. The van der Waals surface area contributed by atoms with Gasteiger partial charge in [0.1, 0.15) is 5.69 Å². The molecule has 7 nitrogen and oxygen atoms in total. The summed E-state index contributed by atoms with van der Waals surface area (Å²) >= 11 is 0. The lowest BCUT2D eigenvalue weighted by Gasteiger charge is -2.17. The number of carbonyl (C=O) groups is 1. The molecule has 0 bridgehead atoms. The summed E-state index contributed by atoms with van der Waals surface area (Å²) in [5.41, 5.74) is 1.29. The van der Waals surface area contributed by atoms with Crippen molar-refractivity contribution in [2.24, 2.45) is 5.92 Å². The number of imidazole rings is 1. The lowest BCUT2D eigenvalue weighted by atomic mass is 10.1. The Bertz CT molecular complexity index is 859. The zero-order valence-electron chi connectivity index (χ0n) is 14.3. The molecule has 26 heavy (non-hydrogen) atoms. The van der Waals surface area contributed by atoms with E-state index in [0.717, 1.165) is 18.7 Å². The number of carbonyl (C=O) groups excluding carboxylic acids is 1.